The molecule has 13 heteroatoms. The van der Waals surface area contributed by atoms with Gasteiger partial charge in [0.2, 0.25) is 5.91 Å². The number of carbonyl (C=O) groups is 1. The lowest BCUT2D eigenvalue weighted by Gasteiger charge is -2.18. The van der Waals surface area contributed by atoms with Crippen LogP contribution in [-0.4, -0.2) is 32.1 Å². The van der Waals surface area contributed by atoms with Crippen molar-refractivity contribution < 1.29 is 36.2 Å². The molecule has 1 saturated carbocycles. The van der Waals surface area contributed by atoms with Crippen LogP contribution in [0.5, 0.6) is 6.01 Å². The Balaban J connectivity index is 1.62. The van der Waals surface area contributed by atoms with Gasteiger partial charge in [-0.05, 0) is 55.2 Å². The number of aromatic nitrogens is 3. The maximum atomic E-state index is 13.2. The first-order chi connectivity index (χ1) is 16.7. The summed E-state index contributed by atoms with van der Waals surface area (Å²) in [5, 5.41) is 12.4. The van der Waals surface area contributed by atoms with E-state index in [4.69, 9.17) is 11.6 Å². The number of nitrogens with zero attached hydrogens (tertiary/aromatic N) is 3. The maximum absolute atomic E-state index is 13.2. The highest BCUT2D eigenvalue weighted by Gasteiger charge is 2.68. The summed E-state index contributed by atoms with van der Waals surface area (Å²) < 4.78 is 78.7. The fourth-order valence-corrected chi connectivity index (χ4v) is 3.91. The molecule has 3 aromatic rings. The van der Waals surface area contributed by atoms with E-state index in [0.717, 1.165) is 12.1 Å². The van der Waals surface area contributed by atoms with Crippen LogP contribution in [0.25, 0.3) is 22.8 Å². The van der Waals surface area contributed by atoms with Gasteiger partial charge in [-0.3, -0.25) is 4.79 Å². The van der Waals surface area contributed by atoms with Crippen molar-refractivity contribution in [3.05, 3.63) is 58.1 Å². The second-order valence-electron chi connectivity index (χ2n) is 8.39. The summed E-state index contributed by atoms with van der Waals surface area (Å²) in [5.41, 5.74) is -2.54. The Bertz CT molecular complexity index is 1340. The standard InChI is InChI=1S/C23H17ClF6N4O2/c1-11-8-13(3-4-15(11)22(25,26)27)17-32-18(34-20(36)33-17)14-9-12(2-5-16(14)24)10-31-19(35)21(6-7-21)23(28,29)30/h2-5,8-9H,6-7,10H2,1H3,(H,31,35)(H,32,33,34,36). The molecule has 0 saturated heterocycles. The van der Waals surface area contributed by atoms with Crippen LogP contribution in [0, 0.1) is 12.3 Å². The Morgan fingerprint density at radius 2 is 1.69 bits per heavy atom. The van der Waals surface area contributed by atoms with Gasteiger partial charge in [-0.15, -0.1) is 0 Å². The molecule has 1 heterocycles. The largest absolute Gasteiger partial charge is 0.479 e. The van der Waals surface area contributed by atoms with Gasteiger partial charge in [0.1, 0.15) is 5.41 Å². The quantitative estimate of drug-likeness (QED) is 0.404. The van der Waals surface area contributed by atoms with Gasteiger partial charge in [0, 0.05) is 17.7 Å². The third-order valence-corrected chi connectivity index (χ3v) is 6.20. The minimum atomic E-state index is -4.64. The van der Waals surface area contributed by atoms with E-state index in [0.29, 0.717) is 5.56 Å². The highest BCUT2D eigenvalue weighted by Crippen LogP contribution is 2.57. The van der Waals surface area contributed by atoms with Crippen molar-refractivity contribution in [2.24, 2.45) is 5.41 Å². The van der Waals surface area contributed by atoms with Crippen molar-refractivity contribution in [2.75, 3.05) is 0 Å². The zero-order valence-corrected chi connectivity index (χ0v) is 19.2. The summed E-state index contributed by atoms with van der Waals surface area (Å²) in [6.07, 6.45) is -9.73. The zero-order valence-electron chi connectivity index (χ0n) is 18.4. The number of hydrogen-bond donors (Lipinski definition) is 2. The molecule has 1 aliphatic carbocycles. The number of alkyl halides is 6. The molecule has 0 atom stereocenters. The van der Waals surface area contributed by atoms with Crippen molar-refractivity contribution in [3.8, 4) is 28.8 Å². The molecule has 190 valence electrons. The first-order valence-corrected chi connectivity index (χ1v) is 10.9. The predicted molar refractivity (Wildman–Crippen MR) is 117 cm³/mol. The van der Waals surface area contributed by atoms with Crippen molar-refractivity contribution in [3.63, 3.8) is 0 Å². The van der Waals surface area contributed by atoms with Crippen molar-refractivity contribution in [1.82, 2.24) is 20.3 Å². The van der Waals surface area contributed by atoms with E-state index in [-0.39, 0.29) is 52.7 Å². The van der Waals surface area contributed by atoms with Gasteiger partial charge >= 0.3 is 18.4 Å². The number of rotatable bonds is 5. The molecule has 6 nitrogen and oxygen atoms in total. The van der Waals surface area contributed by atoms with E-state index < -0.39 is 35.2 Å². The molecule has 2 N–H and O–H groups in total. The second-order valence-corrected chi connectivity index (χ2v) is 8.79. The summed E-state index contributed by atoms with van der Waals surface area (Å²) in [7, 11) is 0. The van der Waals surface area contributed by atoms with Crippen LogP contribution in [0.4, 0.5) is 26.3 Å². The Morgan fingerprint density at radius 1 is 1.03 bits per heavy atom. The Morgan fingerprint density at radius 3 is 2.28 bits per heavy atom. The SMILES string of the molecule is Cc1cc(-c2nc(O)nc(-c3cc(CNC(=O)C4(C(F)(F)F)CC4)ccc3Cl)n2)ccc1C(F)(F)F. The average molecular weight is 531 g/mol. The highest BCUT2D eigenvalue weighted by atomic mass is 35.5. The van der Waals surface area contributed by atoms with Crippen molar-refractivity contribution >= 4 is 17.5 Å². The number of halogens is 7. The smallest absolute Gasteiger partial charge is 0.416 e. The van der Waals surface area contributed by atoms with Gasteiger partial charge in [-0.25, -0.2) is 4.98 Å². The molecule has 0 unspecified atom stereocenters. The van der Waals surface area contributed by atoms with E-state index in [1.54, 1.807) is 0 Å². The average Bonchev–Trinajstić information content (AvgIpc) is 3.59. The molecule has 1 fully saturated rings. The van der Waals surface area contributed by atoms with Crippen LogP contribution in [-0.2, 0) is 17.5 Å². The van der Waals surface area contributed by atoms with Gasteiger partial charge in [-0.2, -0.15) is 36.3 Å². The molecule has 1 aromatic heterocycles. The Labute approximate surface area is 205 Å². The maximum Gasteiger partial charge on any atom is 0.416 e. The van der Waals surface area contributed by atoms with E-state index >= 15 is 0 Å². The molecule has 36 heavy (non-hydrogen) atoms. The molecule has 0 spiro atoms. The van der Waals surface area contributed by atoms with Gasteiger partial charge in [-0.1, -0.05) is 23.7 Å². The van der Waals surface area contributed by atoms with Crippen molar-refractivity contribution in [2.45, 2.75) is 38.7 Å². The minimum Gasteiger partial charge on any atom is -0.479 e. The lowest BCUT2D eigenvalue weighted by molar-refractivity contribution is -0.192. The lowest BCUT2D eigenvalue weighted by atomic mass is 10.0. The molecular weight excluding hydrogens is 514 g/mol. The molecule has 1 aliphatic rings. The molecule has 0 radical (unpaired) electrons. The topological polar surface area (TPSA) is 88.0 Å². The van der Waals surface area contributed by atoms with E-state index in [2.05, 4.69) is 20.3 Å². The lowest BCUT2D eigenvalue weighted by Crippen LogP contribution is -2.40. The monoisotopic (exact) mass is 530 g/mol. The normalized spacial score (nSPS) is 15.0. The number of aromatic hydroxyl groups is 1. The van der Waals surface area contributed by atoms with Gasteiger partial charge in [0.25, 0.3) is 0 Å². The Kier molecular flexibility index (Phi) is 6.36. The first-order valence-electron chi connectivity index (χ1n) is 10.5. The molecular formula is C23H17ClF6N4O2. The number of aryl methyl sites for hydroxylation is 1. The molecule has 2 aromatic carbocycles. The second kappa shape index (κ2) is 8.91. The van der Waals surface area contributed by atoms with E-state index in [1.165, 1.54) is 31.2 Å². The van der Waals surface area contributed by atoms with Crippen LogP contribution < -0.4 is 5.32 Å². The van der Waals surface area contributed by atoms with Gasteiger partial charge in [0.15, 0.2) is 11.6 Å². The third-order valence-electron chi connectivity index (χ3n) is 5.87. The number of benzene rings is 2. The summed E-state index contributed by atoms with van der Waals surface area (Å²) in [6.45, 7) is 1.04. The third kappa shape index (κ3) is 4.95. The van der Waals surface area contributed by atoms with Gasteiger partial charge in [0.05, 0.1) is 10.6 Å². The van der Waals surface area contributed by atoms with E-state index in [1.807, 2.05) is 0 Å². The van der Waals surface area contributed by atoms with Crippen LogP contribution in [0.15, 0.2) is 36.4 Å². The highest BCUT2D eigenvalue weighted by molar-refractivity contribution is 6.33. The summed E-state index contributed by atoms with van der Waals surface area (Å²) >= 11 is 6.24. The number of carbonyl (C=O) groups excluding carboxylic acids is 1. The summed E-state index contributed by atoms with van der Waals surface area (Å²) in [6, 6.07) is 6.84. The predicted octanol–water partition coefficient (Wildman–Crippen LogP) is 5.85. The zero-order chi connectivity index (χ0) is 26.5. The fourth-order valence-electron chi connectivity index (χ4n) is 3.70. The number of nitrogens with one attached hydrogen (secondary N) is 1. The Hall–Kier alpha value is -3.41. The van der Waals surface area contributed by atoms with Crippen LogP contribution in [0.3, 0.4) is 0 Å². The fraction of sp³-hybridized carbons (Fsp3) is 0.304. The van der Waals surface area contributed by atoms with Crippen LogP contribution in [0.1, 0.15) is 29.5 Å². The number of amides is 1. The number of hydrogen-bond acceptors (Lipinski definition) is 5. The van der Waals surface area contributed by atoms with Gasteiger partial charge < -0.3 is 10.4 Å². The molecule has 1 amide bonds. The van der Waals surface area contributed by atoms with Crippen LogP contribution >= 0.6 is 11.6 Å². The first kappa shape index (κ1) is 25.7. The molecule has 0 aliphatic heterocycles. The summed E-state index contributed by atoms with van der Waals surface area (Å²) in [4.78, 5) is 23.9. The molecule has 0 bridgehead atoms. The van der Waals surface area contributed by atoms with Crippen molar-refractivity contribution in [1.29, 1.82) is 0 Å². The minimum absolute atomic E-state index is 0.0792. The van der Waals surface area contributed by atoms with Crippen LogP contribution in [0.2, 0.25) is 5.02 Å². The summed E-state index contributed by atoms with van der Waals surface area (Å²) in [5.74, 6) is -1.36. The van der Waals surface area contributed by atoms with E-state index in [9.17, 15) is 36.2 Å². The molecule has 4 rings (SSSR count).